The minimum absolute atomic E-state index is 0.0292. The average molecular weight is 557 g/mol. The maximum atomic E-state index is 11.9. The Bertz CT molecular complexity index is 1290. The van der Waals surface area contributed by atoms with Crippen LogP contribution in [0.15, 0.2) is 18.5 Å². The van der Waals surface area contributed by atoms with E-state index in [0.29, 0.717) is 0 Å². The summed E-state index contributed by atoms with van der Waals surface area (Å²) in [6.07, 6.45) is 3.56. The highest BCUT2D eigenvalue weighted by atomic mass is 31.3. The molecule has 2 aromatic rings. The number of nitrogen functional groups attached to an aromatic ring is 1. The summed E-state index contributed by atoms with van der Waals surface area (Å²) in [7, 11) is -16.9. The molecule has 8 N–H and O–H groups in total. The molecule has 6 atom stereocenters. The lowest BCUT2D eigenvalue weighted by molar-refractivity contribution is -0.0634. The third-order valence-corrected chi connectivity index (χ3v) is 8.11. The van der Waals surface area contributed by atoms with Crippen LogP contribution in [0.2, 0.25) is 0 Å². The highest BCUT2D eigenvalue weighted by Crippen LogP contribution is 2.66. The number of nitrogens with two attached hydrogens (primary N) is 1. The van der Waals surface area contributed by atoms with Crippen molar-refractivity contribution in [1.29, 1.82) is 5.26 Å². The average Bonchev–Trinajstić information content (AvgIpc) is 3.27. The molecule has 2 aromatic heterocycles. The lowest BCUT2D eigenvalue weighted by atomic mass is 9.92. The Morgan fingerprint density at radius 3 is 2.37 bits per heavy atom. The smallest absolute Gasteiger partial charge is 0.387 e. The largest absolute Gasteiger partial charge is 0.490 e. The Labute approximate surface area is 195 Å². The first-order chi connectivity index (χ1) is 16.1. The van der Waals surface area contributed by atoms with E-state index in [1.165, 1.54) is 12.1 Å². The molecule has 0 spiro atoms. The van der Waals surface area contributed by atoms with Crippen molar-refractivity contribution in [3.8, 4) is 18.9 Å². The van der Waals surface area contributed by atoms with E-state index in [2.05, 4.69) is 36.1 Å². The Balaban J connectivity index is 0.00000210. The van der Waals surface area contributed by atoms with E-state index in [4.69, 9.17) is 25.2 Å². The van der Waals surface area contributed by atoms with E-state index in [1.54, 1.807) is 6.07 Å². The van der Waals surface area contributed by atoms with Gasteiger partial charge in [-0.15, -0.1) is 12.8 Å². The molecule has 1 fully saturated rings. The Hall–Kier alpha value is -2.24. The van der Waals surface area contributed by atoms with Crippen molar-refractivity contribution in [2.75, 3.05) is 12.3 Å². The quantitative estimate of drug-likeness (QED) is 0.147. The molecule has 0 aliphatic carbocycles. The lowest BCUT2D eigenvalue weighted by Crippen LogP contribution is -2.41. The van der Waals surface area contributed by atoms with Gasteiger partial charge in [-0.1, -0.05) is 0 Å². The van der Waals surface area contributed by atoms with Crippen LogP contribution in [0.1, 0.15) is 5.69 Å². The third-order valence-electron chi connectivity index (χ3n) is 4.30. The van der Waals surface area contributed by atoms with Gasteiger partial charge in [0.2, 0.25) is 5.60 Å². The number of nitriles is 1. The van der Waals surface area contributed by atoms with Crippen LogP contribution < -0.4 is 5.73 Å². The van der Waals surface area contributed by atoms with Gasteiger partial charge in [-0.05, 0) is 12.1 Å². The van der Waals surface area contributed by atoms with Crippen LogP contribution >= 0.6 is 23.5 Å². The molecule has 192 valence electrons. The summed E-state index contributed by atoms with van der Waals surface area (Å²) < 4.78 is 52.0. The first-order valence-corrected chi connectivity index (χ1v) is 13.3. The topological polar surface area (TPSA) is 290 Å². The van der Waals surface area contributed by atoms with E-state index >= 15 is 0 Å². The standard InChI is InChI=1S/C12H16N5O13P3.C2H2/c13-4-12(8-2-1-6-11(14)15-5-16-17(6)8)10(19)9(18)7(28-12)3-27-32(23,24)30-33(25,26)29-31(20,21)22;1-2/h1-2,5,7,9-10,18-19H,3H2,(H,23,24)(H,25,26)(H2,14,15,16)(H2,20,21,22);1-2H/t7-,9-,10-,12+;/m1./s1. The molecular formula is C14H18N5O13P3. The van der Waals surface area contributed by atoms with Gasteiger partial charge in [0.05, 0.1) is 12.3 Å². The highest BCUT2D eigenvalue weighted by Gasteiger charge is 2.58. The Morgan fingerprint density at radius 2 is 1.80 bits per heavy atom. The highest BCUT2D eigenvalue weighted by molar-refractivity contribution is 7.66. The van der Waals surface area contributed by atoms with E-state index in [-0.39, 0.29) is 17.0 Å². The van der Waals surface area contributed by atoms with Gasteiger partial charge in [-0.2, -0.15) is 19.0 Å². The van der Waals surface area contributed by atoms with Crippen molar-refractivity contribution in [2.45, 2.75) is 23.9 Å². The van der Waals surface area contributed by atoms with Crippen molar-refractivity contribution in [3.63, 3.8) is 0 Å². The number of rotatable bonds is 8. The number of terminal acetylenes is 1. The van der Waals surface area contributed by atoms with Gasteiger partial charge in [-0.25, -0.2) is 23.2 Å². The van der Waals surface area contributed by atoms with Gasteiger partial charge in [-0.3, -0.25) is 4.52 Å². The van der Waals surface area contributed by atoms with Crippen LogP contribution in [-0.4, -0.2) is 69.3 Å². The molecule has 18 nitrogen and oxygen atoms in total. The molecule has 1 aliphatic rings. The fraction of sp³-hybridized carbons (Fsp3) is 0.357. The molecule has 0 saturated carbocycles. The maximum Gasteiger partial charge on any atom is 0.490 e. The van der Waals surface area contributed by atoms with Crippen molar-refractivity contribution in [3.05, 3.63) is 24.2 Å². The summed E-state index contributed by atoms with van der Waals surface area (Å²) in [5.74, 6) is 0.0292. The van der Waals surface area contributed by atoms with E-state index in [1.807, 2.05) is 0 Å². The van der Waals surface area contributed by atoms with Crippen LogP contribution in [0.4, 0.5) is 5.82 Å². The Kier molecular flexibility index (Phi) is 8.61. The van der Waals surface area contributed by atoms with E-state index in [0.717, 1.165) is 10.8 Å². The second-order valence-corrected chi connectivity index (χ2v) is 10.9. The number of phosphoric acid groups is 3. The number of hydrogen-bond donors (Lipinski definition) is 7. The molecule has 0 amide bonds. The third kappa shape index (κ3) is 6.31. The number of ether oxygens (including phenoxy) is 1. The maximum absolute atomic E-state index is 11.9. The monoisotopic (exact) mass is 557 g/mol. The summed E-state index contributed by atoms with van der Waals surface area (Å²) in [4.78, 5) is 39.5. The first kappa shape index (κ1) is 29.0. The molecular weight excluding hydrogens is 539 g/mol. The van der Waals surface area contributed by atoms with Crippen molar-refractivity contribution in [1.82, 2.24) is 14.6 Å². The first-order valence-electron chi connectivity index (χ1n) is 8.76. The number of aromatic nitrogens is 3. The zero-order valence-corrected chi connectivity index (χ0v) is 19.8. The summed E-state index contributed by atoms with van der Waals surface area (Å²) >= 11 is 0. The number of anilines is 1. The van der Waals surface area contributed by atoms with Crippen LogP contribution in [-0.2, 0) is 37.2 Å². The van der Waals surface area contributed by atoms with Crippen LogP contribution in [0.25, 0.3) is 5.52 Å². The molecule has 21 heteroatoms. The second-order valence-electron chi connectivity index (χ2n) is 6.49. The van der Waals surface area contributed by atoms with Gasteiger partial charge in [0.1, 0.15) is 36.2 Å². The zero-order chi connectivity index (χ0) is 26.8. The molecule has 35 heavy (non-hydrogen) atoms. The van der Waals surface area contributed by atoms with Gasteiger partial charge in [0.15, 0.2) is 5.82 Å². The molecule has 1 aliphatic heterocycles. The lowest BCUT2D eigenvalue weighted by Gasteiger charge is -2.24. The number of hydrogen-bond acceptors (Lipinski definition) is 13. The summed E-state index contributed by atoms with van der Waals surface area (Å²) in [6, 6.07) is 4.42. The second kappa shape index (κ2) is 10.4. The van der Waals surface area contributed by atoms with Crippen LogP contribution in [0, 0.1) is 24.2 Å². The Morgan fingerprint density at radius 1 is 1.17 bits per heavy atom. The fourth-order valence-corrected chi connectivity index (χ4v) is 6.05. The van der Waals surface area contributed by atoms with Crippen molar-refractivity contribution < 1.29 is 61.4 Å². The molecule has 0 radical (unpaired) electrons. The van der Waals surface area contributed by atoms with Crippen molar-refractivity contribution >= 4 is 34.8 Å². The SMILES string of the molecule is C#C.N#C[C@@]1(c2ccc3c(N)ncnn23)O[C@H](COP(=O)(O)OP(=O)(O)OP(=O)(O)O)[C@@H](O)[C@H]1O. The van der Waals surface area contributed by atoms with E-state index in [9.17, 15) is 34.1 Å². The number of nitrogens with zero attached hydrogens (tertiary/aromatic N) is 4. The molecule has 2 unspecified atom stereocenters. The summed E-state index contributed by atoms with van der Waals surface area (Å²) in [6.45, 7) is -1.09. The predicted molar refractivity (Wildman–Crippen MR) is 111 cm³/mol. The van der Waals surface area contributed by atoms with Gasteiger partial charge >= 0.3 is 23.5 Å². The number of phosphoric ester groups is 1. The molecule has 3 rings (SSSR count). The summed E-state index contributed by atoms with van der Waals surface area (Å²) in [5.41, 5.74) is 3.61. The number of aliphatic hydroxyl groups is 2. The zero-order valence-electron chi connectivity index (χ0n) is 17.1. The number of fused-ring (bicyclic) bond motifs is 1. The van der Waals surface area contributed by atoms with E-state index < -0.39 is 54.0 Å². The van der Waals surface area contributed by atoms with Crippen LogP contribution in [0.5, 0.6) is 0 Å². The minimum atomic E-state index is -5.76. The molecule has 0 bridgehead atoms. The molecule has 3 heterocycles. The van der Waals surface area contributed by atoms with Crippen molar-refractivity contribution in [2.24, 2.45) is 0 Å². The van der Waals surface area contributed by atoms with Gasteiger partial charge in [0.25, 0.3) is 0 Å². The normalized spacial score (nSPS) is 27.8. The molecule has 0 aromatic carbocycles. The minimum Gasteiger partial charge on any atom is -0.387 e. The summed E-state index contributed by atoms with van der Waals surface area (Å²) in [5, 5.41) is 34.5. The predicted octanol–water partition coefficient (Wildman–Crippen LogP) is -1.26. The van der Waals surface area contributed by atoms with Gasteiger partial charge < -0.3 is 40.3 Å². The fourth-order valence-electron chi connectivity index (χ4n) is 3.02. The van der Waals surface area contributed by atoms with Gasteiger partial charge in [0, 0.05) is 0 Å². The van der Waals surface area contributed by atoms with Crippen LogP contribution in [0.3, 0.4) is 0 Å². The number of aliphatic hydroxyl groups excluding tert-OH is 2. The molecule has 1 saturated heterocycles.